The third kappa shape index (κ3) is 2.61. The van der Waals surface area contributed by atoms with Gasteiger partial charge in [0.25, 0.3) is 0 Å². The van der Waals surface area contributed by atoms with Crippen LogP contribution in [0.15, 0.2) is 0 Å². The number of halogens is 1. The molecule has 0 aliphatic heterocycles. The second-order valence-electron chi connectivity index (χ2n) is 4.07. The molecule has 1 aromatic heterocycles. The zero-order valence-electron chi connectivity index (χ0n) is 10.5. The summed E-state index contributed by atoms with van der Waals surface area (Å²) in [6, 6.07) is 0.00373. The first-order valence-electron chi connectivity index (χ1n) is 6.05. The molecule has 92 valence electrons. The fourth-order valence-electron chi connectivity index (χ4n) is 2.12. The summed E-state index contributed by atoms with van der Waals surface area (Å²) in [5.74, 6) is 0. The van der Waals surface area contributed by atoms with Crippen LogP contribution in [-0.2, 0) is 19.4 Å². The van der Waals surface area contributed by atoms with Gasteiger partial charge in [-0.05, 0) is 26.2 Å². The molecule has 0 spiro atoms. The Hall–Kier alpha value is -0.900. The molecule has 1 rings (SSSR count). The third-order valence-corrected chi connectivity index (χ3v) is 2.80. The van der Waals surface area contributed by atoms with E-state index in [4.69, 9.17) is 5.73 Å². The van der Waals surface area contributed by atoms with Crippen LogP contribution in [0.2, 0.25) is 0 Å². The summed E-state index contributed by atoms with van der Waals surface area (Å²) in [4.78, 5) is 0. The van der Waals surface area contributed by atoms with Gasteiger partial charge in [0.1, 0.15) is 0 Å². The average Bonchev–Trinajstić information content (AvgIpc) is 2.63. The van der Waals surface area contributed by atoms with Gasteiger partial charge in [-0.1, -0.05) is 13.8 Å². The van der Waals surface area contributed by atoms with Gasteiger partial charge in [-0.25, -0.2) is 0 Å². The predicted molar refractivity (Wildman–Crippen MR) is 64.2 cm³/mol. The lowest BCUT2D eigenvalue weighted by Gasteiger charge is -2.09. The van der Waals surface area contributed by atoms with Crippen molar-refractivity contribution in [1.82, 2.24) is 9.78 Å². The minimum Gasteiger partial charge on any atom is -0.324 e. The van der Waals surface area contributed by atoms with Gasteiger partial charge in [-0.2, -0.15) is 5.10 Å². The van der Waals surface area contributed by atoms with E-state index in [1.165, 1.54) is 5.69 Å². The van der Waals surface area contributed by atoms with Crippen LogP contribution >= 0.6 is 0 Å². The average molecular weight is 227 g/mol. The maximum absolute atomic E-state index is 12.2. The molecular weight excluding hydrogens is 205 g/mol. The molecule has 1 unspecified atom stereocenters. The van der Waals surface area contributed by atoms with E-state index >= 15 is 0 Å². The normalized spacial score (nSPS) is 13.1. The first-order valence-corrected chi connectivity index (χ1v) is 6.05. The molecule has 16 heavy (non-hydrogen) atoms. The van der Waals surface area contributed by atoms with Crippen LogP contribution in [0.4, 0.5) is 4.39 Å². The van der Waals surface area contributed by atoms with Gasteiger partial charge in [0, 0.05) is 23.8 Å². The monoisotopic (exact) mass is 227 g/mol. The summed E-state index contributed by atoms with van der Waals surface area (Å²) < 4.78 is 14.1. The summed E-state index contributed by atoms with van der Waals surface area (Å²) in [7, 11) is 0. The maximum Gasteiger partial charge on any atom is 0.0912 e. The Bertz CT molecular complexity index is 331. The van der Waals surface area contributed by atoms with E-state index in [0.717, 1.165) is 24.1 Å². The Kier molecular flexibility index (Phi) is 4.93. The summed E-state index contributed by atoms with van der Waals surface area (Å²) >= 11 is 0. The van der Waals surface area contributed by atoms with Crippen molar-refractivity contribution >= 4 is 0 Å². The van der Waals surface area contributed by atoms with Crippen LogP contribution in [0.1, 0.15) is 50.2 Å². The number of aromatic nitrogens is 2. The van der Waals surface area contributed by atoms with E-state index < -0.39 is 0 Å². The van der Waals surface area contributed by atoms with Crippen molar-refractivity contribution in [1.29, 1.82) is 0 Å². The number of rotatable bonds is 6. The van der Waals surface area contributed by atoms with Crippen LogP contribution in [0.5, 0.6) is 0 Å². The van der Waals surface area contributed by atoms with Crippen molar-refractivity contribution in [3.63, 3.8) is 0 Å². The van der Waals surface area contributed by atoms with Gasteiger partial charge in [0.05, 0.1) is 12.4 Å². The lowest BCUT2D eigenvalue weighted by Crippen LogP contribution is -2.11. The molecule has 2 N–H and O–H groups in total. The van der Waals surface area contributed by atoms with Crippen molar-refractivity contribution in [3.05, 3.63) is 17.0 Å². The summed E-state index contributed by atoms with van der Waals surface area (Å²) in [6.07, 6.45) is 2.30. The minimum atomic E-state index is -0.294. The number of hydrogen-bond donors (Lipinski definition) is 1. The summed E-state index contributed by atoms with van der Waals surface area (Å²) in [5, 5.41) is 4.53. The van der Waals surface area contributed by atoms with Crippen molar-refractivity contribution in [3.8, 4) is 0 Å². The molecule has 0 radical (unpaired) electrons. The van der Waals surface area contributed by atoms with Crippen LogP contribution in [0, 0.1) is 0 Å². The third-order valence-electron chi connectivity index (χ3n) is 2.80. The highest BCUT2D eigenvalue weighted by Gasteiger charge is 2.17. The first-order chi connectivity index (χ1) is 7.65. The second-order valence-corrected chi connectivity index (χ2v) is 4.07. The Morgan fingerprint density at radius 1 is 1.38 bits per heavy atom. The molecule has 0 aromatic carbocycles. The predicted octanol–water partition coefficient (Wildman–Crippen LogP) is 2.39. The second kappa shape index (κ2) is 5.99. The fourth-order valence-corrected chi connectivity index (χ4v) is 2.12. The van der Waals surface area contributed by atoms with E-state index in [9.17, 15) is 4.39 Å². The van der Waals surface area contributed by atoms with Crippen molar-refractivity contribution in [2.45, 2.75) is 52.6 Å². The summed E-state index contributed by atoms with van der Waals surface area (Å²) in [6.45, 7) is 6.51. The Morgan fingerprint density at radius 2 is 2.06 bits per heavy atom. The van der Waals surface area contributed by atoms with Crippen molar-refractivity contribution in [2.75, 3.05) is 6.67 Å². The minimum absolute atomic E-state index is 0.00373. The fraction of sp³-hybridized carbons (Fsp3) is 0.750. The van der Waals surface area contributed by atoms with Crippen LogP contribution in [-0.4, -0.2) is 16.5 Å². The van der Waals surface area contributed by atoms with Crippen LogP contribution < -0.4 is 5.73 Å². The molecule has 3 nitrogen and oxygen atoms in total. The smallest absolute Gasteiger partial charge is 0.0912 e. The quantitative estimate of drug-likeness (QED) is 0.811. The van der Waals surface area contributed by atoms with Gasteiger partial charge >= 0.3 is 0 Å². The molecule has 0 saturated carbocycles. The topological polar surface area (TPSA) is 43.8 Å². The highest BCUT2D eigenvalue weighted by atomic mass is 19.1. The lowest BCUT2D eigenvalue weighted by molar-refractivity contribution is 0.429. The van der Waals surface area contributed by atoms with E-state index in [1.54, 1.807) is 0 Å². The highest BCUT2D eigenvalue weighted by molar-refractivity contribution is 5.29. The van der Waals surface area contributed by atoms with Crippen LogP contribution in [0.3, 0.4) is 0 Å². The standard InChI is InChI=1S/C12H22FN3/c1-4-10-12(9(3)14)11(5-2)16(15-10)8-6-7-13/h9H,4-8,14H2,1-3H3. The molecule has 1 atom stereocenters. The first kappa shape index (κ1) is 13.2. The number of aryl methyl sites for hydroxylation is 2. The SMILES string of the molecule is CCc1nn(CCCF)c(CC)c1C(C)N. The molecule has 0 aliphatic rings. The summed E-state index contributed by atoms with van der Waals surface area (Å²) in [5.41, 5.74) is 9.37. The molecule has 4 heteroatoms. The Balaban J connectivity index is 3.08. The molecule has 0 fully saturated rings. The van der Waals surface area contributed by atoms with Gasteiger partial charge in [-0.3, -0.25) is 9.07 Å². The van der Waals surface area contributed by atoms with Crippen molar-refractivity contribution < 1.29 is 4.39 Å². The van der Waals surface area contributed by atoms with Gasteiger partial charge in [0.2, 0.25) is 0 Å². The maximum atomic E-state index is 12.2. The van der Waals surface area contributed by atoms with E-state index in [1.807, 2.05) is 11.6 Å². The molecule has 0 aliphatic carbocycles. The molecule has 0 amide bonds. The van der Waals surface area contributed by atoms with Crippen molar-refractivity contribution in [2.24, 2.45) is 5.73 Å². The van der Waals surface area contributed by atoms with Gasteiger partial charge in [0.15, 0.2) is 0 Å². The highest BCUT2D eigenvalue weighted by Crippen LogP contribution is 2.22. The Labute approximate surface area is 96.8 Å². The number of alkyl halides is 1. The van der Waals surface area contributed by atoms with E-state index in [-0.39, 0.29) is 12.7 Å². The molecular formula is C12H22FN3. The lowest BCUT2D eigenvalue weighted by atomic mass is 10.0. The van der Waals surface area contributed by atoms with E-state index in [0.29, 0.717) is 13.0 Å². The van der Waals surface area contributed by atoms with Gasteiger partial charge in [-0.15, -0.1) is 0 Å². The number of nitrogens with two attached hydrogens (primary N) is 1. The zero-order valence-corrected chi connectivity index (χ0v) is 10.5. The zero-order chi connectivity index (χ0) is 12.1. The Morgan fingerprint density at radius 3 is 2.50 bits per heavy atom. The molecule has 0 saturated heterocycles. The molecule has 1 heterocycles. The molecule has 0 bridgehead atoms. The largest absolute Gasteiger partial charge is 0.324 e. The van der Waals surface area contributed by atoms with Crippen LogP contribution in [0.25, 0.3) is 0 Å². The number of nitrogens with zero attached hydrogens (tertiary/aromatic N) is 2. The van der Waals surface area contributed by atoms with E-state index in [2.05, 4.69) is 18.9 Å². The molecule has 1 aromatic rings. The van der Waals surface area contributed by atoms with Gasteiger partial charge < -0.3 is 5.73 Å². The number of hydrogen-bond acceptors (Lipinski definition) is 2.